The van der Waals surface area contributed by atoms with Gasteiger partial charge in [0.05, 0.1) is 0 Å². The van der Waals surface area contributed by atoms with Crippen LogP contribution >= 0.6 is 0 Å². The van der Waals surface area contributed by atoms with Gasteiger partial charge in [-0.25, -0.2) is 0 Å². The van der Waals surface area contributed by atoms with Crippen molar-refractivity contribution in [2.24, 2.45) is 0 Å². The summed E-state index contributed by atoms with van der Waals surface area (Å²) >= 11 is 0. The van der Waals surface area contributed by atoms with Crippen molar-refractivity contribution < 1.29 is 152 Å². The largest absolute Gasteiger partial charge is 0.759 e. The maximum atomic E-state index is 8.52. The smallest absolute Gasteiger partial charge is 0.0311 e. The molecule has 0 amide bonds. The van der Waals surface area contributed by atoms with E-state index in [-0.39, 0.29) is 64.5 Å². The van der Waals surface area contributed by atoms with Crippen LogP contribution in [0.5, 0.6) is 0 Å². The molecule has 0 heterocycles. The minimum atomic E-state index is -5.17. The molecular formula is H10O25S5V2-10. The molecule has 25 nitrogen and oxygen atoms in total. The van der Waals surface area contributed by atoms with E-state index in [2.05, 4.69) is 0 Å². The summed E-state index contributed by atoms with van der Waals surface area (Å²) in [6.45, 7) is 0. The zero-order valence-electron chi connectivity index (χ0n) is 13.6. The molecule has 0 aromatic heterocycles. The third kappa shape index (κ3) is 256000. The molecule has 0 spiro atoms. The van der Waals surface area contributed by atoms with Crippen molar-refractivity contribution in [2.45, 2.75) is 0 Å². The molecule has 0 aliphatic heterocycles. The number of rotatable bonds is 0. The molecule has 0 aliphatic rings. The maximum absolute atomic E-state index is 8.52. The second kappa shape index (κ2) is 31.3. The van der Waals surface area contributed by atoms with Gasteiger partial charge in [0, 0.05) is 89.1 Å². The maximum Gasteiger partial charge on any atom is 0.0311 e. The fourth-order valence-corrected chi connectivity index (χ4v) is 0. The van der Waals surface area contributed by atoms with Gasteiger partial charge < -0.3 is 72.9 Å². The van der Waals surface area contributed by atoms with E-state index in [9.17, 15) is 0 Å². The van der Waals surface area contributed by atoms with Crippen molar-refractivity contribution in [3.05, 3.63) is 0 Å². The summed E-state index contributed by atoms with van der Waals surface area (Å²) in [5.41, 5.74) is 0. The molecule has 0 rings (SSSR count). The molecule has 0 atom stereocenters. The number of hydrogen-bond acceptors (Lipinski definition) is 20. The van der Waals surface area contributed by atoms with E-state index in [0.717, 1.165) is 0 Å². The second-order valence-corrected chi connectivity index (χ2v) is 6.12. The van der Waals surface area contributed by atoms with E-state index in [1.54, 1.807) is 0 Å². The van der Waals surface area contributed by atoms with E-state index in [1.807, 2.05) is 0 Å². The zero-order valence-corrected chi connectivity index (χ0v) is 20.5. The first-order valence-corrected chi connectivity index (χ1v) is 10.0. The van der Waals surface area contributed by atoms with Crippen LogP contribution in [0, 0.1) is 0 Å². The minimum Gasteiger partial charge on any atom is -0.759 e. The molecule has 0 bridgehead atoms. The first-order valence-electron chi connectivity index (χ1n) is 3.33. The molecule has 0 aliphatic carbocycles. The molecule has 32 heteroatoms. The molecule has 0 saturated carbocycles. The Morgan fingerprint density at radius 1 is 0.250 bits per heavy atom. The predicted octanol–water partition coefficient (Wildman–Crippen LogP) is -10.8. The molecule has 210 valence electrons. The van der Waals surface area contributed by atoms with Gasteiger partial charge in [-0.15, -0.1) is 0 Å². The van der Waals surface area contributed by atoms with Crippen LogP contribution in [0.3, 0.4) is 0 Å². The third-order valence-electron chi connectivity index (χ3n) is 0. The van der Waals surface area contributed by atoms with Gasteiger partial charge in [0.2, 0.25) is 0 Å². The molecule has 0 aromatic rings. The van der Waals surface area contributed by atoms with E-state index >= 15 is 0 Å². The van der Waals surface area contributed by atoms with E-state index < -0.39 is 52.0 Å². The Hall–Kier alpha value is 0.319. The monoisotopic (exact) mass is 672 g/mol. The molecule has 2 radical (unpaired) electrons. The van der Waals surface area contributed by atoms with Crippen LogP contribution < -0.4 is 0 Å². The average Bonchev–Trinajstić information content (AvgIpc) is 1.79. The zero-order chi connectivity index (χ0) is 22.5. The van der Waals surface area contributed by atoms with Crippen LogP contribution in [-0.2, 0) is 89.1 Å². The van der Waals surface area contributed by atoms with Crippen LogP contribution in [0.15, 0.2) is 0 Å². The fourth-order valence-electron chi connectivity index (χ4n) is 0. The summed E-state index contributed by atoms with van der Waals surface area (Å²) in [6, 6.07) is 0. The van der Waals surface area contributed by atoms with Crippen molar-refractivity contribution in [1.29, 1.82) is 0 Å². The minimum absolute atomic E-state index is 0. The van der Waals surface area contributed by atoms with Crippen LogP contribution in [0.1, 0.15) is 0 Å². The van der Waals surface area contributed by atoms with Crippen LogP contribution in [0.4, 0.5) is 0 Å². The summed E-state index contributed by atoms with van der Waals surface area (Å²) < 4.78 is 170. The summed E-state index contributed by atoms with van der Waals surface area (Å²) in [7, 11) is -25.8. The van der Waals surface area contributed by atoms with E-state index in [4.69, 9.17) is 87.6 Å². The summed E-state index contributed by atoms with van der Waals surface area (Å²) in [4.78, 5) is 0. The van der Waals surface area contributed by atoms with Crippen molar-refractivity contribution >= 4 is 52.0 Å². The quantitative estimate of drug-likeness (QED) is 0.170. The molecule has 0 unspecified atom stereocenters. The standard InChI is InChI=1S/5H2O4S.5H2O.2V/c5*1-5(2,3)4;;;;;;;/h5*(H2,1,2,3,4);5*1H2;;/p-10. The Labute approximate surface area is 203 Å². The molecule has 32 heavy (non-hydrogen) atoms. The molecular weight excluding hydrogens is 662 g/mol. The van der Waals surface area contributed by atoms with Crippen LogP contribution in [0.2, 0.25) is 0 Å². The van der Waals surface area contributed by atoms with Gasteiger partial charge in [-0.05, 0) is 0 Å². The summed E-state index contributed by atoms with van der Waals surface area (Å²) in [5, 5.41) is 0. The van der Waals surface area contributed by atoms with Crippen LogP contribution in [-0.4, -0.2) is 115 Å². The molecule has 0 fully saturated rings. The molecule has 10 N–H and O–H groups in total. The first-order chi connectivity index (χ1) is 10.0. The van der Waals surface area contributed by atoms with Gasteiger partial charge in [-0.2, -0.15) is 0 Å². The molecule has 0 aromatic carbocycles. The Morgan fingerprint density at radius 2 is 0.250 bits per heavy atom. The van der Waals surface area contributed by atoms with Gasteiger partial charge in [0.15, 0.2) is 0 Å². The summed E-state index contributed by atoms with van der Waals surface area (Å²) in [6.07, 6.45) is 0. The van der Waals surface area contributed by atoms with Crippen molar-refractivity contribution in [3.8, 4) is 0 Å². The summed E-state index contributed by atoms with van der Waals surface area (Å²) in [5.74, 6) is 0. The Balaban J connectivity index is -0.0000000148. The van der Waals surface area contributed by atoms with Gasteiger partial charge in [0.1, 0.15) is 0 Å². The second-order valence-electron chi connectivity index (χ2n) is 2.04. The fraction of sp³-hybridized carbons (Fsp3) is 0. The van der Waals surface area contributed by atoms with Gasteiger partial charge in [-0.1, -0.05) is 0 Å². The Kier molecular flexibility index (Phi) is 75.1. The van der Waals surface area contributed by atoms with Crippen molar-refractivity contribution in [1.82, 2.24) is 0 Å². The number of hydrogen-bond donors (Lipinski definition) is 0. The average molecular weight is 672 g/mol. The van der Waals surface area contributed by atoms with E-state index in [1.165, 1.54) is 0 Å². The molecule has 0 saturated heterocycles. The van der Waals surface area contributed by atoms with E-state index in [0.29, 0.717) is 0 Å². The van der Waals surface area contributed by atoms with Gasteiger partial charge in [-0.3, -0.25) is 42.1 Å². The Morgan fingerprint density at radius 3 is 0.250 bits per heavy atom. The van der Waals surface area contributed by atoms with Gasteiger partial charge >= 0.3 is 0 Å². The Bertz CT molecular complexity index is 620. The SMILES string of the molecule is O.O.O.O.O.O=S(=O)([O-])[O-].O=S(=O)([O-])[O-].O=S(=O)([O-])[O-].O=S(=O)([O-])[O-].O=S(=O)([O-])[O-].[V].[V]. The first kappa shape index (κ1) is 76.8. The van der Waals surface area contributed by atoms with Crippen LogP contribution in [0.25, 0.3) is 0 Å². The third-order valence-corrected chi connectivity index (χ3v) is 0. The van der Waals surface area contributed by atoms with Crippen molar-refractivity contribution in [2.75, 3.05) is 0 Å². The van der Waals surface area contributed by atoms with Crippen molar-refractivity contribution in [3.63, 3.8) is 0 Å². The van der Waals surface area contributed by atoms with Gasteiger partial charge in [0.25, 0.3) is 0 Å². The topological polar surface area (TPSA) is 559 Å². The predicted molar refractivity (Wildman–Crippen MR) is 70.4 cm³/mol. The normalized spacial score (nSPS) is 9.06.